The van der Waals surface area contributed by atoms with Crippen LogP contribution in [0, 0.1) is 0 Å². The number of aliphatic hydroxyl groups is 1. The van der Waals surface area contributed by atoms with Gasteiger partial charge in [-0.1, -0.05) is 0 Å². The Bertz CT molecular complexity index is 205. The number of nitrogens with one attached hydrogen (secondary N) is 2. The standard InChI is InChI=1S/C11H22N2O2/c1-11(2-4-15-5-3-11)13-7-9-6-10(14)8-12-9/h9-10,12-14H,2-8H2,1H3. The molecule has 4 heteroatoms. The molecular formula is C11H22N2O2. The van der Waals surface area contributed by atoms with E-state index in [0.29, 0.717) is 6.04 Å². The van der Waals surface area contributed by atoms with Crippen LogP contribution < -0.4 is 10.6 Å². The third kappa shape index (κ3) is 3.14. The van der Waals surface area contributed by atoms with Crippen LogP contribution in [-0.4, -0.2) is 49.1 Å². The van der Waals surface area contributed by atoms with Gasteiger partial charge in [0.1, 0.15) is 0 Å². The first kappa shape index (κ1) is 11.3. The van der Waals surface area contributed by atoms with Crippen molar-refractivity contribution in [3.05, 3.63) is 0 Å². The van der Waals surface area contributed by atoms with E-state index in [-0.39, 0.29) is 11.6 Å². The van der Waals surface area contributed by atoms with E-state index in [1.807, 2.05) is 0 Å². The van der Waals surface area contributed by atoms with Crippen molar-refractivity contribution in [1.82, 2.24) is 10.6 Å². The zero-order valence-electron chi connectivity index (χ0n) is 9.46. The summed E-state index contributed by atoms with van der Waals surface area (Å²) in [5.74, 6) is 0. The molecule has 0 spiro atoms. The molecule has 0 aliphatic carbocycles. The Morgan fingerprint density at radius 2 is 2.20 bits per heavy atom. The van der Waals surface area contributed by atoms with Crippen LogP contribution in [0.2, 0.25) is 0 Å². The summed E-state index contributed by atoms with van der Waals surface area (Å²) < 4.78 is 5.36. The Morgan fingerprint density at radius 3 is 2.80 bits per heavy atom. The van der Waals surface area contributed by atoms with Gasteiger partial charge in [0.25, 0.3) is 0 Å². The maximum Gasteiger partial charge on any atom is 0.0680 e. The molecule has 2 rings (SSSR count). The molecule has 2 aliphatic rings. The van der Waals surface area contributed by atoms with Gasteiger partial charge in [-0.2, -0.15) is 0 Å². The fraction of sp³-hybridized carbons (Fsp3) is 1.00. The summed E-state index contributed by atoms with van der Waals surface area (Å²) in [5, 5.41) is 16.3. The highest BCUT2D eigenvalue weighted by Gasteiger charge is 2.29. The molecule has 0 radical (unpaired) electrons. The summed E-state index contributed by atoms with van der Waals surface area (Å²) in [7, 11) is 0. The third-order valence-corrected chi connectivity index (χ3v) is 3.57. The SMILES string of the molecule is CC1(NCC2CC(O)CN2)CCOCC1. The molecule has 2 saturated heterocycles. The van der Waals surface area contributed by atoms with Crippen LogP contribution in [0.4, 0.5) is 0 Å². The van der Waals surface area contributed by atoms with E-state index < -0.39 is 0 Å². The van der Waals surface area contributed by atoms with Crippen LogP contribution in [0.1, 0.15) is 26.2 Å². The molecule has 15 heavy (non-hydrogen) atoms. The van der Waals surface area contributed by atoms with Crippen LogP contribution in [0.3, 0.4) is 0 Å². The lowest BCUT2D eigenvalue weighted by Gasteiger charge is -2.35. The predicted octanol–water partition coefficient (Wildman–Crippen LogP) is -0.132. The molecule has 0 bridgehead atoms. The Hall–Kier alpha value is -0.160. The van der Waals surface area contributed by atoms with E-state index in [1.165, 1.54) is 0 Å². The highest BCUT2D eigenvalue weighted by atomic mass is 16.5. The number of ether oxygens (including phenoxy) is 1. The zero-order valence-corrected chi connectivity index (χ0v) is 9.46. The van der Waals surface area contributed by atoms with Crippen molar-refractivity contribution in [3.8, 4) is 0 Å². The molecule has 88 valence electrons. The first-order valence-corrected chi connectivity index (χ1v) is 5.92. The molecule has 4 nitrogen and oxygen atoms in total. The van der Waals surface area contributed by atoms with E-state index in [9.17, 15) is 5.11 Å². The molecule has 0 aromatic rings. The van der Waals surface area contributed by atoms with E-state index in [4.69, 9.17) is 4.74 Å². The molecule has 0 amide bonds. The van der Waals surface area contributed by atoms with Crippen LogP contribution >= 0.6 is 0 Å². The van der Waals surface area contributed by atoms with E-state index in [1.54, 1.807) is 0 Å². The van der Waals surface area contributed by atoms with Crippen LogP contribution in [-0.2, 0) is 4.74 Å². The fourth-order valence-electron chi connectivity index (χ4n) is 2.32. The molecule has 3 N–H and O–H groups in total. The summed E-state index contributed by atoms with van der Waals surface area (Å²) in [6.07, 6.45) is 2.89. The van der Waals surface area contributed by atoms with Gasteiger partial charge < -0.3 is 20.5 Å². The van der Waals surface area contributed by atoms with Crippen molar-refractivity contribution in [3.63, 3.8) is 0 Å². The molecule has 2 heterocycles. The predicted molar refractivity (Wildman–Crippen MR) is 58.9 cm³/mol. The highest BCUT2D eigenvalue weighted by molar-refractivity contribution is 4.89. The highest BCUT2D eigenvalue weighted by Crippen LogP contribution is 2.20. The monoisotopic (exact) mass is 214 g/mol. The summed E-state index contributed by atoms with van der Waals surface area (Å²) in [6.45, 7) is 5.69. The number of aliphatic hydroxyl groups excluding tert-OH is 1. The van der Waals surface area contributed by atoms with Crippen molar-refractivity contribution < 1.29 is 9.84 Å². The average Bonchev–Trinajstić information content (AvgIpc) is 2.63. The van der Waals surface area contributed by atoms with E-state index in [0.717, 1.165) is 45.6 Å². The van der Waals surface area contributed by atoms with E-state index >= 15 is 0 Å². The Balaban J connectivity index is 1.72. The Morgan fingerprint density at radius 1 is 1.47 bits per heavy atom. The Kier molecular flexibility index (Phi) is 3.61. The van der Waals surface area contributed by atoms with Crippen molar-refractivity contribution in [1.29, 1.82) is 0 Å². The van der Waals surface area contributed by atoms with Gasteiger partial charge in [0, 0.05) is 37.9 Å². The molecule has 2 atom stereocenters. The minimum atomic E-state index is -0.153. The lowest BCUT2D eigenvalue weighted by atomic mass is 9.92. The zero-order chi connectivity index (χ0) is 10.7. The minimum absolute atomic E-state index is 0.153. The van der Waals surface area contributed by atoms with E-state index in [2.05, 4.69) is 17.6 Å². The average molecular weight is 214 g/mol. The topological polar surface area (TPSA) is 53.5 Å². The lowest BCUT2D eigenvalue weighted by molar-refractivity contribution is 0.0445. The second kappa shape index (κ2) is 4.78. The summed E-state index contributed by atoms with van der Waals surface area (Å²) in [5.41, 5.74) is 0.230. The summed E-state index contributed by atoms with van der Waals surface area (Å²) in [6, 6.07) is 0.430. The molecule has 2 fully saturated rings. The number of β-amino-alcohol motifs (C(OH)–C–C–N with tert-alkyl or cyclic N) is 1. The quantitative estimate of drug-likeness (QED) is 0.612. The molecule has 0 aromatic carbocycles. The van der Waals surface area contributed by atoms with Gasteiger partial charge in [0.05, 0.1) is 6.10 Å². The van der Waals surface area contributed by atoms with Gasteiger partial charge in [-0.3, -0.25) is 0 Å². The van der Waals surface area contributed by atoms with Crippen molar-refractivity contribution in [2.24, 2.45) is 0 Å². The van der Waals surface area contributed by atoms with Crippen molar-refractivity contribution in [2.75, 3.05) is 26.3 Å². The van der Waals surface area contributed by atoms with Gasteiger partial charge in [-0.05, 0) is 26.2 Å². The third-order valence-electron chi connectivity index (χ3n) is 3.57. The molecule has 0 aromatic heterocycles. The van der Waals surface area contributed by atoms with Crippen molar-refractivity contribution >= 4 is 0 Å². The largest absolute Gasteiger partial charge is 0.392 e. The Labute approximate surface area is 91.4 Å². The second-order valence-electron chi connectivity index (χ2n) is 5.05. The van der Waals surface area contributed by atoms with Gasteiger partial charge in [-0.15, -0.1) is 0 Å². The first-order valence-electron chi connectivity index (χ1n) is 5.92. The lowest BCUT2D eigenvalue weighted by Crippen LogP contribution is -2.50. The van der Waals surface area contributed by atoms with Gasteiger partial charge >= 0.3 is 0 Å². The maximum absolute atomic E-state index is 9.39. The normalized spacial score (nSPS) is 35.6. The molecule has 0 saturated carbocycles. The summed E-state index contributed by atoms with van der Waals surface area (Å²) in [4.78, 5) is 0. The van der Waals surface area contributed by atoms with Gasteiger partial charge in [0.2, 0.25) is 0 Å². The maximum atomic E-state index is 9.39. The van der Waals surface area contributed by atoms with Gasteiger partial charge in [-0.25, -0.2) is 0 Å². The van der Waals surface area contributed by atoms with Gasteiger partial charge in [0.15, 0.2) is 0 Å². The molecule has 2 unspecified atom stereocenters. The number of rotatable bonds is 3. The van der Waals surface area contributed by atoms with Crippen LogP contribution in [0.15, 0.2) is 0 Å². The molecular weight excluding hydrogens is 192 g/mol. The van der Waals surface area contributed by atoms with Crippen LogP contribution in [0.25, 0.3) is 0 Å². The van der Waals surface area contributed by atoms with Crippen LogP contribution in [0.5, 0.6) is 0 Å². The smallest absolute Gasteiger partial charge is 0.0680 e. The number of hydrogen-bond donors (Lipinski definition) is 3. The second-order valence-corrected chi connectivity index (χ2v) is 5.05. The summed E-state index contributed by atoms with van der Waals surface area (Å²) >= 11 is 0. The number of hydrogen-bond acceptors (Lipinski definition) is 4. The first-order chi connectivity index (χ1) is 7.18. The van der Waals surface area contributed by atoms with Crippen molar-refractivity contribution in [2.45, 2.75) is 43.9 Å². The fourth-order valence-corrected chi connectivity index (χ4v) is 2.32. The molecule has 2 aliphatic heterocycles. The minimum Gasteiger partial charge on any atom is -0.392 e.